The number of H-pyrrole nitrogens is 1. The highest BCUT2D eigenvalue weighted by atomic mass is 16.6. The van der Waals surface area contributed by atoms with Gasteiger partial charge >= 0.3 is 6.09 Å². The third-order valence-electron chi connectivity index (χ3n) is 12.1. The summed E-state index contributed by atoms with van der Waals surface area (Å²) in [5.41, 5.74) is 6.92. The molecule has 64 heavy (non-hydrogen) atoms. The molecule has 0 unspecified atom stereocenters. The molecule has 1 saturated heterocycles. The van der Waals surface area contributed by atoms with Crippen LogP contribution in [0.25, 0.3) is 22.0 Å². The van der Waals surface area contributed by atoms with Crippen LogP contribution in [0.4, 0.5) is 16.2 Å². The number of aromatic nitrogens is 1. The van der Waals surface area contributed by atoms with Crippen LogP contribution in [0.1, 0.15) is 86.0 Å². The van der Waals surface area contributed by atoms with Gasteiger partial charge in [-0.1, -0.05) is 93.2 Å². The van der Waals surface area contributed by atoms with Crippen molar-refractivity contribution in [1.29, 1.82) is 0 Å². The largest absolute Gasteiger partial charge is 0.506 e. The maximum absolute atomic E-state index is 13.2. The lowest BCUT2D eigenvalue weighted by Gasteiger charge is -2.31. The molecule has 7 rings (SSSR count). The van der Waals surface area contributed by atoms with Crippen molar-refractivity contribution in [2.24, 2.45) is 5.92 Å². The number of phenols is 1. The number of aromatic amines is 1. The number of ketones is 1. The van der Waals surface area contributed by atoms with E-state index in [0.29, 0.717) is 72.8 Å². The lowest BCUT2D eigenvalue weighted by molar-refractivity contribution is -0.118. The number of piperidine rings is 1. The summed E-state index contributed by atoms with van der Waals surface area (Å²) in [7, 11) is 1.76. The van der Waals surface area contributed by atoms with Crippen molar-refractivity contribution in [3.05, 3.63) is 160 Å². The van der Waals surface area contributed by atoms with Crippen molar-refractivity contribution in [1.82, 2.24) is 9.88 Å². The van der Waals surface area contributed by atoms with Crippen LogP contribution in [0.15, 0.2) is 132 Å². The number of ether oxygens (including phenoxy) is 1. The fourth-order valence-corrected chi connectivity index (χ4v) is 8.41. The van der Waals surface area contributed by atoms with E-state index in [-0.39, 0.29) is 42.4 Å². The van der Waals surface area contributed by atoms with E-state index in [1.165, 1.54) is 17.7 Å². The van der Waals surface area contributed by atoms with Gasteiger partial charge in [0.15, 0.2) is 5.78 Å². The molecule has 0 spiro atoms. The number of aryl methyl sites for hydroxylation is 1. The summed E-state index contributed by atoms with van der Waals surface area (Å²) in [5, 5.41) is 24.8. The van der Waals surface area contributed by atoms with Crippen molar-refractivity contribution in [3.8, 4) is 16.9 Å². The van der Waals surface area contributed by atoms with Gasteiger partial charge < -0.3 is 29.7 Å². The summed E-state index contributed by atoms with van der Waals surface area (Å²) in [5.74, 6) is 0.284. The zero-order valence-corrected chi connectivity index (χ0v) is 36.0. The number of fused-ring (bicyclic) bond motifs is 1. The number of Topliss-reactive ketones (excluding diaryl/α,β-unsaturated/α-hetero) is 1. The highest BCUT2D eigenvalue weighted by Gasteiger charge is 2.24. The second-order valence-electron chi connectivity index (χ2n) is 16.7. The molecule has 5 aromatic carbocycles. The number of nitrogens with zero attached hydrogens (tertiary/aromatic N) is 2. The second-order valence-corrected chi connectivity index (χ2v) is 16.7. The molecule has 0 radical (unpaired) electrons. The van der Waals surface area contributed by atoms with Crippen molar-refractivity contribution >= 4 is 40.1 Å². The normalized spacial score (nSPS) is 14.0. The molecular formula is C53H60N4O7. The zero-order chi connectivity index (χ0) is 44.3. The van der Waals surface area contributed by atoms with Crippen LogP contribution in [0, 0.1) is 5.92 Å². The van der Waals surface area contributed by atoms with Crippen molar-refractivity contribution < 1.29 is 29.3 Å². The van der Waals surface area contributed by atoms with Gasteiger partial charge in [0.2, 0.25) is 11.5 Å². The Labute approximate surface area is 375 Å². The summed E-state index contributed by atoms with van der Waals surface area (Å²) in [6.07, 6.45) is 3.43. The van der Waals surface area contributed by atoms with Crippen LogP contribution < -0.4 is 15.8 Å². The van der Waals surface area contributed by atoms with E-state index in [9.17, 15) is 29.4 Å². The SMILES string of the molecule is C.C[C@@H](CC[C@H](O)c1ccc(O)c2[nH]c(=O)ccc12)Cc1cccc(CCC(=O)c2ccc(N(C)C(=O)CCN3CCC(OC(=O)Nc4ccccc4-c4ccccc4)CC3)cc2)c1. The van der Waals surface area contributed by atoms with E-state index in [0.717, 1.165) is 48.3 Å². The lowest BCUT2D eigenvalue weighted by atomic mass is 9.91. The molecular weight excluding hydrogens is 805 g/mol. The number of para-hydroxylation sites is 1. The Kier molecular flexibility index (Phi) is 16.3. The topological polar surface area (TPSA) is 152 Å². The summed E-state index contributed by atoms with van der Waals surface area (Å²) < 4.78 is 5.78. The smallest absolute Gasteiger partial charge is 0.411 e. The number of benzene rings is 5. The second kappa shape index (κ2) is 22.2. The van der Waals surface area contributed by atoms with Gasteiger partial charge in [0.25, 0.3) is 0 Å². The molecule has 6 aromatic rings. The number of amides is 2. The summed E-state index contributed by atoms with van der Waals surface area (Å²) >= 11 is 0. The fourth-order valence-electron chi connectivity index (χ4n) is 8.41. The molecule has 11 heteroatoms. The molecule has 2 atom stereocenters. The molecule has 1 aliphatic heterocycles. The minimum Gasteiger partial charge on any atom is -0.506 e. The Morgan fingerprint density at radius 2 is 1.56 bits per heavy atom. The number of hydrogen-bond donors (Lipinski definition) is 4. The van der Waals surface area contributed by atoms with E-state index in [4.69, 9.17) is 4.74 Å². The number of hydrogen-bond acceptors (Lipinski definition) is 8. The first-order valence-electron chi connectivity index (χ1n) is 21.9. The quantitative estimate of drug-likeness (QED) is 0.0662. The number of likely N-dealkylation sites (tertiary alicyclic amines) is 1. The van der Waals surface area contributed by atoms with E-state index in [1.54, 1.807) is 36.2 Å². The molecule has 1 fully saturated rings. The molecule has 0 aliphatic carbocycles. The Bertz CT molecular complexity index is 2570. The number of pyridine rings is 1. The predicted octanol–water partition coefficient (Wildman–Crippen LogP) is 10.1. The van der Waals surface area contributed by atoms with Gasteiger partial charge in [-0.05, 0) is 109 Å². The van der Waals surface area contributed by atoms with Crippen molar-refractivity contribution in [2.75, 3.05) is 36.9 Å². The van der Waals surface area contributed by atoms with Gasteiger partial charge in [-0.15, -0.1) is 0 Å². The van der Waals surface area contributed by atoms with Gasteiger partial charge in [-0.25, -0.2) is 4.79 Å². The third kappa shape index (κ3) is 12.3. The Hall–Kier alpha value is -6.56. The number of aliphatic hydroxyl groups is 1. The number of rotatable bonds is 17. The summed E-state index contributed by atoms with van der Waals surface area (Å²) in [4.78, 5) is 57.5. The van der Waals surface area contributed by atoms with Gasteiger partial charge in [0, 0.05) is 67.8 Å². The Balaban J connectivity index is 0.00000680. The third-order valence-corrected chi connectivity index (χ3v) is 12.1. The number of phenolic OH excluding ortho intramolecular Hbond substituents is 1. The van der Waals surface area contributed by atoms with Crippen LogP contribution in [-0.4, -0.2) is 70.7 Å². The number of anilines is 2. The minimum atomic E-state index is -0.741. The van der Waals surface area contributed by atoms with Crippen LogP contribution in [-0.2, 0) is 22.4 Å². The molecule has 11 nitrogen and oxygen atoms in total. The average molecular weight is 865 g/mol. The molecule has 4 N–H and O–H groups in total. The van der Waals surface area contributed by atoms with Gasteiger partial charge in [-0.2, -0.15) is 0 Å². The van der Waals surface area contributed by atoms with Crippen LogP contribution >= 0.6 is 0 Å². The number of carbonyl (C=O) groups excluding carboxylic acids is 3. The predicted molar refractivity (Wildman–Crippen MR) is 255 cm³/mol. The highest BCUT2D eigenvalue weighted by Crippen LogP contribution is 2.32. The van der Waals surface area contributed by atoms with E-state index >= 15 is 0 Å². The standard InChI is InChI=1S/C52H56N4O7.CH4/c1-35(15-23-47(58)43-21-25-48(59)51-44(43)22-26-49(60)54-51)33-37-10-8-9-36(34-37)16-24-46(57)39-17-19-40(20-18-39)55(2)50(61)29-32-56-30-27-41(28-31-56)63-52(62)53-45-14-7-6-13-42(45)38-11-4-3-5-12-38;/h3-14,17-22,25-26,34-35,41,47,58-59H,15-16,23-24,27-33H2,1-2H3,(H,53,62)(H,54,60);1H4/t35-,47-;/m0./s1. The van der Waals surface area contributed by atoms with Crippen LogP contribution in [0.3, 0.4) is 0 Å². The number of aromatic hydroxyl groups is 1. The first-order valence-corrected chi connectivity index (χ1v) is 21.9. The Morgan fingerprint density at radius 3 is 2.33 bits per heavy atom. The van der Waals surface area contributed by atoms with Gasteiger partial charge in [0.05, 0.1) is 17.3 Å². The molecule has 334 valence electrons. The van der Waals surface area contributed by atoms with E-state index < -0.39 is 12.2 Å². The molecule has 0 bridgehead atoms. The van der Waals surface area contributed by atoms with Gasteiger partial charge in [0.1, 0.15) is 11.9 Å². The number of aliphatic hydroxyl groups excluding tert-OH is 1. The van der Waals surface area contributed by atoms with E-state index in [2.05, 4.69) is 34.3 Å². The highest BCUT2D eigenvalue weighted by molar-refractivity contribution is 5.98. The first-order chi connectivity index (χ1) is 30.5. The fraction of sp³-hybridized carbons (Fsp3) is 0.321. The monoisotopic (exact) mass is 864 g/mol. The number of carbonyl (C=O) groups is 3. The van der Waals surface area contributed by atoms with Crippen LogP contribution in [0.2, 0.25) is 0 Å². The summed E-state index contributed by atoms with van der Waals surface area (Å²) in [6.45, 7) is 4.22. The molecule has 1 aromatic heterocycles. The average Bonchev–Trinajstić information content (AvgIpc) is 3.30. The molecule has 0 saturated carbocycles. The van der Waals surface area contributed by atoms with Crippen molar-refractivity contribution in [2.45, 2.75) is 77.9 Å². The summed E-state index contributed by atoms with van der Waals surface area (Å²) in [6, 6.07) is 39.3. The zero-order valence-electron chi connectivity index (χ0n) is 36.0. The molecule has 2 heterocycles. The maximum Gasteiger partial charge on any atom is 0.411 e. The molecule has 1 aliphatic rings. The van der Waals surface area contributed by atoms with Gasteiger partial charge in [-0.3, -0.25) is 19.7 Å². The molecule has 2 amide bonds. The van der Waals surface area contributed by atoms with E-state index in [1.807, 2.05) is 78.9 Å². The Morgan fingerprint density at radius 1 is 0.844 bits per heavy atom. The lowest BCUT2D eigenvalue weighted by Crippen LogP contribution is -2.40. The maximum atomic E-state index is 13.2. The van der Waals surface area contributed by atoms with Crippen molar-refractivity contribution in [3.63, 3.8) is 0 Å². The minimum absolute atomic E-state index is 0. The first kappa shape index (κ1) is 46.9. The number of nitrogens with one attached hydrogen (secondary N) is 2. The van der Waals surface area contributed by atoms with Crippen LogP contribution in [0.5, 0.6) is 5.75 Å².